The van der Waals surface area contributed by atoms with E-state index in [1.807, 2.05) is 27.7 Å². The molecular weight excluding hydrogens is 488 g/mol. The second kappa shape index (κ2) is 19.6. The zero-order valence-electron chi connectivity index (χ0n) is 25.0. The van der Waals surface area contributed by atoms with Crippen LogP contribution in [0, 0.1) is 11.8 Å². The highest BCUT2D eigenvalue weighted by Gasteiger charge is 2.30. The summed E-state index contributed by atoms with van der Waals surface area (Å²) in [5.74, 6) is 0.109. The van der Waals surface area contributed by atoms with Gasteiger partial charge in [0.2, 0.25) is 5.91 Å². The van der Waals surface area contributed by atoms with Gasteiger partial charge in [-0.05, 0) is 40.2 Å². The molecule has 0 radical (unpaired) electrons. The number of hydrogen-bond acceptors (Lipinski definition) is 8. The lowest BCUT2D eigenvalue weighted by Gasteiger charge is -2.35. The van der Waals surface area contributed by atoms with E-state index < -0.39 is 0 Å². The van der Waals surface area contributed by atoms with E-state index in [1.54, 1.807) is 0 Å². The maximum absolute atomic E-state index is 12.5. The minimum Gasteiger partial charge on any atom is -0.379 e. The zero-order chi connectivity index (χ0) is 28.5. The Morgan fingerprint density at radius 2 is 1.26 bits per heavy atom. The fourth-order valence-corrected chi connectivity index (χ4v) is 3.74. The van der Waals surface area contributed by atoms with Crippen molar-refractivity contribution < 1.29 is 33.3 Å². The average molecular weight is 543 g/mol. The highest BCUT2D eigenvalue weighted by atomic mass is 16.5. The van der Waals surface area contributed by atoms with E-state index in [4.69, 9.17) is 18.9 Å². The Balaban J connectivity index is 2.26. The first-order valence-corrected chi connectivity index (χ1v) is 14.4. The summed E-state index contributed by atoms with van der Waals surface area (Å²) in [4.78, 5) is 38.4. The Bertz CT molecular complexity index is 650. The largest absolute Gasteiger partial charge is 0.379 e. The number of carbonyl (C=O) groups excluding carboxylic acids is 3. The number of ether oxygens (including phenoxy) is 4. The number of ketones is 2. The maximum Gasteiger partial charge on any atom is 0.222 e. The number of rotatable bonds is 23. The van der Waals surface area contributed by atoms with Crippen LogP contribution in [0.5, 0.6) is 0 Å². The Hall–Kier alpha value is -1.39. The van der Waals surface area contributed by atoms with E-state index in [2.05, 4.69) is 31.1 Å². The van der Waals surface area contributed by atoms with Gasteiger partial charge in [0.15, 0.2) is 0 Å². The van der Waals surface area contributed by atoms with Crippen LogP contribution in [-0.2, 0) is 33.3 Å². The SMILES string of the molecule is CC(C)C(=O)CCOCC(COCCC(=O)C(C)C)NC(=O)CCOC1CC(OCCCN(C)C(C)C)C1. The van der Waals surface area contributed by atoms with Crippen LogP contribution in [0.1, 0.15) is 80.1 Å². The molecule has 0 aromatic heterocycles. The maximum atomic E-state index is 12.5. The lowest BCUT2D eigenvalue weighted by Crippen LogP contribution is -2.43. The number of nitrogens with zero attached hydrogens (tertiary/aromatic N) is 1. The molecule has 1 N–H and O–H groups in total. The molecule has 1 rings (SSSR count). The summed E-state index contributed by atoms with van der Waals surface area (Å²) in [7, 11) is 2.13. The smallest absolute Gasteiger partial charge is 0.222 e. The summed E-state index contributed by atoms with van der Waals surface area (Å²) in [6.07, 6.45) is 4.10. The molecule has 1 amide bonds. The van der Waals surface area contributed by atoms with E-state index in [1.165, 1.54) is 0 Å². The van der Waals surface area contributed by atoms with Gasteiger partial charge in [-0.2, -0.15) is 0 Å². The quantitative estimate of drug-likeness (QED) is 0.196. The van der Waals surface area contributed by atoms with Crippen molar-refractivity contribution in [3.8, 4) is 0 Å². The van der Waals surface area contributed by atoms with Gasteiger partial charge in [-0.25, -0.2) is 0 Å². The Labute approximate surface area is 230 Å². The predicted molar refractivity (Wildman–Crippen MR) is 148 cm³/mol. The highest BCUT2D eigenvalue weighted by molar-refractivity contribution is 5.80. The lowest BCUT2D eigenvalue weighted by atomic mass is 9.92. The predicted octanol–water partition coefficient (Wildman–Crippen LogP) is 3.42. The topological polar surface area (TPSA) is 103 Å². The first kappa shape index (κ1) is 34.6. The minimum absolute atomic E-state index is 0.0230. The molecule has 1 aliphatic rings. The van der Waals surface area contributed by atoms with Crippen molar-refractivity contribution >= 4 is 17.5 Å². The molecule has 9 heteroatoms. The monoisotopic (exact) mass is 542 g/mol. The van der Waals surface area contributed by atoms with Gasteiger partial charge >= 0.3 is 0 Å². The third-order valence-corrected chi connectivity index (χ3v) is 6.90. The van der Waals surface area contributed by atoms with Gasteiger partial charge in [0.25, 0.3) is 0 Å². The van der Waals surface area contributed by atoms with Gasteiger partial charge < -0.3 is 29.2 Å². The summed E-state index contributed by atoms with van der Waals surface area (Å²) in [5, 5.41) is 2.94. The standard InChI is InChI=1S/C29H54N2O7/c1-21(2)27(32)9-14-35-19-24(20-36-15-10-28(33)22(3)4)30-29(34)11-16-38-26-17-25(18-26)37-13-8-12-31(7)23(5)6/h21-26H,8-20H2,1-7H3,(H,30,34). The second-order valence-electron chi connectivity index (χ2n) is 11.3. The fourth-order valence-electron chi connectivity index (χ4n) is 3.74. The fraction of sp³-hybridized carbons (Fsp3) is 0.897. The molecule has 0 spiro atoms. The van der Waals surface area contributed by atoms with Crippen molar-refractivity contribution in [2.24, 2.45) is 11.8 Å². The van der Waals surface area contributed by atoms with Crippen molar-refractivity contribution in [3.05, 3.63) is 0 Å². The second-order valence-corrected chi connectivity index (χ2v) is 11.3. The summed E-state index contributed by atoms with van der Waals surface area (Å²) in [5.41, 5.74) is 0. The molecule has 1 fully saturated rings. The molecule has 9 nitrogen and oxygen atoms in total. The third-order valence-electron chi connectivity index (χ3n) is 6.90. The average Bonchev–Trinajstić information content (AvgIpc) is 2.83. The van der Waals surface area contributed by atoms with E-state index in [0.717, 1.165) is 32.4 Å². The van der Waals surface area contributed by atoms with Gasteiger partial charge in [-0.3, -0.25) is 14.4 Å². The molecule has 0 atom stereocenters. The van der Waals surface area contributed by atoms with Crippen LogP contribution in [0.4, 0.5) is 0 Å². The van der Waals surface area contributed by atoms with Crippen LogP contribution < -0.4 is 5.32 Å². The van der Waals surface area contributed by atoms with E-state index in [-0.39, 0.29) is 67.2 Å². The minimum atomic E-state index is -0.359. The first-order valence-electron chi connectivity index (χ1n) is 14.4. The van der Waals surface area contributed by atoms with Crippen molar-refractivity contribution in [3.63, 3.8) is 0 Å². The van der Waals surface area contributed by atoms with Crippen LogP contribution >= 0.6 is 0 Å². The van der Waals surface area contributed by atoms with Crippen molar-refractivity contribution in [2.75, 3.05) is 53.2 Å². The van der Waals surface area contributed by atoms with E-state index >= 15 is 0 Å². The van der Waals surface area contributed by atoms with Gasteiger partial charge in [-0.1, -0.05) is 27.7 Å². The molecule has 0 aromatic rings. The summed E-state index contributed by atoms with van der Waals surface area (Å²) < 4.78 is 23.1. The molecule has 0 aromatic carbocycles. The molecule has 222 valence electrons. The van der Waals surface area contributed by atoms with E-state index in [0.29, 0.717) is 38.7 Å². The highest BCUT2D eigenvalue weighted by Crippen LogP contribution is 2.26. The molecule has 1 aliphatic carbocycles. The molecule has 38 heavy (non-hydrogen) atoms. The third kappa shape index (κ3) is 15.9. The lowest BCUT2D eigenvalue weighted by molar-refractivity contribution is -0.129. The normalized spacial score (nSPS) is 17.6. The van der Waals surface area contributed by atoms with Gasteiger partial charge in [0.1, 0.15) is 11.6 Å². The molecule has 0 aliphatic heterocycles. The van der Waals surface area contributed by atoms with E-state index in [9.17, 15) is 14.4 Å². The number of nitrogens with one attached hydrogen (secondary N) is 1. The van der Waals surface area contributed by atoms with Crippen molar-refractivity contribution in [1.29, 1.82) is 0 Å². The number of amides is 1. The molecular formula is C29H54N2O7. The zero-order valence-corrected chi connectivity index (χ0v) is 25.0. The van der Waals surface area contributed by atoms with Gasteiger partial charge in [0, 0.05) is 50.3 Å². The summed E-state index contributed by atoms with van der Waals surface area (Å²) >= 11 is 0. The van der Waals surface area contributed by atoms with Gasteiger partial charge in [0.05, 0.1) is 51.3 Å². The van der Waals surface area contributed by atoms with Crippen LogP contribution in [0.25, 0.3) is 0 Å². The Morgan fingerprint density at radius 3 is 1.74 bits per heavy atom. The first-order chi connectivity index (χ1) is 18.0. The number of carbonyl (C=O) groups is 3. The number of Topliss-reactive ketones (excluding diaryl/α,β-unsaturated/α-hetero) is 2. The van der Waals surface area contributed by atoms with Crippen LogP contribution in [-0.4, -0.2) is 99.9 Å². The van der Waals surface area contributed by atoms with Crippen LogP contribution in [0.3, 0.4) is 0 Å². The van der Waals surface area contributed by atoms with Crippen molar-refractivity contribution in [2.45, 2.75) is 104 Å². The Morgan fingerprint density at radius 1 is 0.763 bits per heavy atom. The molecule has 0 bridgehead atoms. The van der Waals surface area contributed by atoms with Gasteiger partial charge in [-0.15, -0.1) is 0 Å². The summed E-state index contributed by atoms with van der Waals surface area (Å²) in [6, 6.07) is 0.187. The summed E-state index contributed by atoms with van der Waals surface area (Å²) in [6.45, 7) is 15.1. The molecule has 0 unspecified atom stereocenters. The molecule has 0 heterocycles. The van der Waals surface area contributed by atoms with Crippen LogP contribution in [0.2, 0.25) is 0 Å². The molecule has 0 saturated heterocycles. The molecule has 1 saturated carbocycles. The Kier molecular flexibility index (Phi) is 17.9. The van der Waals surface area contributed by atoms with Crippen molar-refractivity contribution in [1.82, 2.24) is 10.2 Å². The van der Waals surface area contributed by atoms with Crippen LogP contribution in [0.15, 0.2) is 0 Å². The number of hydrogen-bond donors (Lipinski definition) is 1.